The van der Waals surface area contributed by atoms with Gasteiger partial charge in [0.05, 0.1) is 0 Å². The Bertz CT molecular complexity index is 404. The van der Waals surface area contributed by atoms with E-state index in [2.05, 4.69) is 24.5 Å². The van der Waals surface area contributed by atoms with Gasteiger partial charge in [-0.3, -0.25) is 4.79 Å². The van der Waals surface area contributed by atoms with Crippen LogP contribution in [0.25, 0.3) is 0 Å². The molecule has 1 rings (SSSR count). The van der Waals surface area contributed by atoms with Crippen LogP contribution in [-0.2, 0) is 6.42 Å². The number of carbonyl (C=O) groups excluding carboxylic acids is 1. The summed E-state index contributed by atoms with van der Waals surface area (Å²) in [6.07, 6.45) is 5.56. The molecule has 1 atom stereocenters. The molecule has 20 heavy (non-hydrogen) atoms. The molecule has 0 radical (unpaired) electrons. The number of hydrogen-bond donors (Lipinski definition) is 2. The van der Waals surface area contributed by atoms with Crippen LogP contribution in [0.15, 0.2) is 24.3 Å². The second-order valence-corrected chi connectivity index (χ2v) is 5.38. The molecular formula is C17H28N2O. The van der Waals surface area contributed by atoms with Crippen LogP contribution >= 0.6 is 0 Å². The van der Waals surface area contributed by atoms with Gasteiger partial charge in [0.1, 0.15) is 0 Å². The van der Waals surface area contributed by atoms with E-state index in [1.54, 1.807) is 0 Å². The van der Waals surface area contributed by atoms with E-state index in [1.807, 2.05) is 31.3 Å². The monoisotopic (exact) mass is 276 g/mol. The highest BCUT2D eigenvalue weighted by atomic mass is 16.1. The zero-order valence-electron chi connectivity index (χ0n) is 13.0. The summed E-state index contributed by atoms with van der Waals surface area (Å²) in [5.41, 5.74) is 1.92. The molecule has 0 bridgehead atoms. The molecule has 0 saturated carbocycles. The van der Waals surface area contributed by atoms with E-state index >= 15 is 0 Å². The highest BCUT2D eigenvalue weighted by Crippen LogP contribution is 2.10. The first-order valence-corrected chi connectivity index (χ1v) is 7.72. The summed E-state index contributed by atoms with van der Waals surface area (Å²) in [7, 11) is 1.93. The molecule has 1 aromatic rings. The number of carbonyl (C=O) groups is 1. The number of rotatable bonds is 9. The third-order valence-corrected chi connectivity index (χ3v) is 3.52. The summed E-state index contributed by atoms with van der Waals surface area (Å²) in [5, 5.41) is 6.24. The molecule has 0 aromatic heterocycles. The third kappa shape index (κ3) is 5.74. The Morgan fingerprint density at radius 1 is 1.25 bits per heavy atom. The van der Waals surface area contributed by atoms with Gasteiger partial charge < -0.3 is 10.6 Å². The van der Waals surface area contributed by atoms with Crippen LogP contribution in [0, 0.1) is 0 Å². The average Bonchev–Trinajstić information content (AvgIpc) is 2.45. The third-order valence-electron chi connectivity index (χ3n) is 3.52. The minimum atomic E-state index is 0.0562. The average molecular weight is 276 g/mol. The molecule has 1 aromatic carbocycles. The molecule has 0 aliphatic rings. The number of benzene rings is 1. The van der Waals surface area contributed by atoms with Crippen molar-refractivity contribution in [2.24, 2.45) is 0 Å². The van der Waals surface area contributed by atoms with Gasteiger partial charge in [-0.25, -0.2) is 0 Å². The SMILES string of the molecule is CCCCCC(C)NC(=O)c1ccccc1CCNC. The first-order chi connectivity index (χ1) is 9.69. The summed E-state index contributed by atoms with van der Waals surface area (Å²) in [6.45, 7) is 5.17. The largest absolute Gasteiger partial charge is 0.350 e. The number of hydrogen-bond acceptors (Lipinski definition) is 2. The van der Waals surface area contributed by atoms with E-state index in [4.69, 9.17) is 0 Å². The van der Waals surface area contributed by atoms with Crippen molar-refractivity contribution in [3.8, 4) is 0 Å². The topological polar surface area (TPSA) is 41.1 Å². The van der Waals surface area contributed by atoms with Gasteiger partial charge in [-0.2, -0.15) is 0 Å². The Hall–Kier alpha value is -1.35. The second kappa shape index (κ2) is 9.54. The zero-order valence-corrected chi connectivity index (χ0v) is 13.0. The fraction of sp³-hybridized carbons (Fsp3) is 0.588. The van der Waals surface area contributed by atoms with Crippen LogP contribution in [0.2, 0.25) is 0 Å². The lowest BCUT2D eigenvalue weighted by Gasteiger charge is -2.15. The summed E-state index contributed by atoms with van der Waals surface area (Å²) in [5.74, 6) is 0.0562. The van der Waals surface area contributed by atoms with Crippen molar-refractivity contribution < 1.29 is 4.79 Å². The normalized spacial score (nSPS) is 12.2. The Kier molecular flexibility index (Phi) is 7.97. The van der Waals surface area contributed by atoms with Crippen LogP contribution in [0.3, 0.4) is 0 Å². The standard InChI is InChI=1S/C17H28N2O/c1-4-5-6-9-14(2)19-17(20)16-11-8-7-10-15(16)12-13-18-3/h7-8,10-11,14,18H,4-6,9,12-13H2,1-3H3,(H,19,20). The number of likely N-dealkylation sites (N-methyl/N-ethyl adjacent to an activating group) is 1. The van der Waals surface area contributed by atoms with Gasteiger partial charge in [-0.15, -0.1) is 0 Å². The van der Waals surface area contributed by atoms with Crippen molar-refractivity contribution in [2.45, 2.75) is 52.0 Å². The Morgan fingerprint density at radius 2 is 2.00 bits per heavy atom. The highest BCUT2D eigenvalue weighted by molar-refractivity contribution is 5.95. The molecule has 0 aliphatic heterocycles. The molecule has 1 unspecified atom stereocenters. The molecule has 0 spiro atoms. The van der Waals surface area contributed by atoms with Crippen molar-refractivity contribution >= 4 is 5.91 Å². The molecular weight excluding hydrogens is 248 g/mol. The Balaban J connectivity index is 2.57. The summed E-state index contributed by atoms with van der Waals surface area (Å²) < 4.78 is 0. The van der Waals surface area contributed by atoms with Crippen molar-refractivity contribution in [2.75, 3.05) is 13.6 Å². The number of unbranched alkanes of at least 4 members (excludes halogenated alkanes) is 2. The second-order valence-electron chi connectivity index (χ2n) is 5.38. The smallest absolute Gasteiger partial charge is 0.251 e. The van der Waals surface area contributed by atoms with E-state index in [1.165, 1.54) is 19.3 Å². The summed E-state index contributed by atoms with van der Waals surface area (Å²) in [4.78, 5) is 12.3. The van der Waals surface area contributed by atoms with E-state index in [0.29, 0.717) is 0 Å². The van der Waals surface area contributed by atoms with Gasteiger partial charge in [0.25, 0.3) is 5.91 Å². The maximum Gasteiger partial charge on any atom is 0.251 e. The zero-order chi connectivity index (χ0) is 14.8. The Labute approximate surface area is 123 Å². The van der Waals surface area contributed by atoms with Gasteiger partial charge >= 0.3 is 0 Å². The lowest BCUT2D eigenvalue weighted by atomic mass is 10.0. The van der Waals surface area contributed by atoms with E-state index in [9.17, 15) is 4.79 Å². The molecule has 112 valence electrons. The first-order valence-electron chi connectivity index (χ1n) is 7.72. The van der Waals surface area contributed by atoms with E-state index in [0.717, 1.165) is 30.5 Å². The Morgan fingerprint density at radius 3 is 2.70 bits per heavy atom. The predicted molar refractivity (Wildman–Crippen MR) is 85.1 cm³/mol. The van der Waals surface area contributed by atoms with Crippen molar-refractivity contribution in [3.63, 3.8) is 0 Å². The van der Waals surface area contributed by atoms with Crippen LogP contribution in [0.4, 0.5) is 0 Å². The van der Waals surface area contributed by atoms with Crippen LogP contribution in [-0.4, -0.2) is 25.5 Å². The predicted octanol–water partition coefficient (Wildman–Crippen LogP) is 3.15. The molecule has 0 aliphatic carbocycles. The van der Waals surface area contributed by atoms with Crippen LogP contribution < -0.4 is 10.6 Å². The maximum atomic E-state index is 12.3. The molecule has 0 fully saturated rings. The minimum Gasteiger partial charge on any atom is -0.350 e. The first kappa shape index (κ1) is 16.7. The summed E-state index contributed by atoms with van der Waals surface area (Å²) >= 11 is 0. The van der Waals surface area contributed by atoms with Crippen molar-refractivity contribution in [3.05, 3.63) is 35.4 Å². The van der Waals surface area contributed by atoms with Gasteiger partial charge in [-0.1, -0.05) is 44.4 Å². The van der Waals surface area contributed by atoms with E-state index < -0.39 is 0 Å². The molecule has 0 heterocycles. The van der Waals surface area contributed by atoms with Gasteiger partial charge in [-0.05, 0) is 45.0 Å². The van der Waals surface area contributed by atoms with Crippen molar-refractivity contribution in [1.82, 2.24) is 10.6 Å². The number of nitrogens with one attached hydrogen (secondary N) is 2. The molecule has 1 amide bonds. The van der Waals surface area contributed by atoms with Gasteiger partial charge in [0.15, 0.2) is 0 Å². The quantitative estimate of drug-likeness (QED) is 0.680. The van der Waals surface area contributed by atoms with E-state index in [-0.39, 0.29) is 11.9 Å². The molecule has 3 heteroatoms. The van der Waals surface area contributed by atoms with Crippen LogP contribution in [0.5, 0.6) is 0 Å². The lowest BCUT2D eigenvalue weighted by molar-refractivity contribution is 0.0937. The minimum absolute atomic E-state index is 0.0562. The maximum absolute atomic E-state index is 12.3. The summed E-state index contributed by atoms with van der Waals surface area (Å²) in [6, 6.07) is 8.12. The fourth-order valence-corrected chi connectivity index (χ4v) is 2.29. The lowest BCUT2D eigenvalue weighted by Crippen LogP contribution is -2.33. The van der Waals surface area contributed by atoms with Crippen molar-refractivity contribution in [1.29, 1.82) is 0 Å². The molecule has 0 saturated heterocycles. The highest BCUT2D eigenvalue weighted by Gasteiger charge is 2.12. The molecule has 3 nitrogen and oxygen atoms in total. The van der Waals surface area contributed by atoms with Crippen LogP contribution in [0.1, 0.15) is 55.5 Å². The van der Waals surface area contributed by atoms with Gasteiger partial charge in [0.2, 0.25) is 0 Å². The van der Waals surface area contributed by atoms with Gasteiger partial charge in [0, 0.05) is 11.6 Å². The number of amides is 1. The molecule has 2 N–H and O–H groups in total. The fourth-order valence-electron chi connectivity index (χ4n) is 2.29.